The van der Waals surface area contributed by atoms with Crippen LogP contribution >= 0.6 is 0 Å². The average Bonchev–Trinajstić information content (AvgIpc) is 2.98. The molecule has 4 aliphatic carbocycles. The number of H-pyrrole nitrogens is 1. The van der Waals surface area contributed by atoms with Crippen LogP contribution in [0.3, 0.4) is 0 Å². The number of benzene rings is 1. The Morgan fingerprint density at radius 1 is 1.15 bits per heavy atom. The number of aromatic amines is 1. The molecule has 6 rings (SSSR count). The summed E-state index contributed by atoms with van der Waals surface area (Å²) in [6.07, 6.45) is 6.04. The number of rotatable bonds is 3. The molecule has 6 heteroatoms. The first-order valence-electron chi connectivity index (χ1n) is 9.38. The van der Waals surface area contributed by atoms with Gasteiger partial charge in [0.05, 0.1) is 11.1 Å². The Morgan fingerprint density at radius 2 is 1.88 bits per heavy atom. The number of primary amides is 1. The van der Waals surface area contributed by atoms with Crippen molar-refractivity contribution < 1.29 is 9.59 Å². The maximum Gasteiger partial charge on any atom is 0.265 e. The number of anilines is 1. The van der Waals surface area contributed by atoms with E-state index in [1.165, 1.54) is 6.42 Å². The Labute approximate surface area is 151 Å². The second-order valence-electron chi connectivity index (χ2n) is 8.87. The summed E-state index contributed by atoms with van der Waals surface area (Å²) in [4.78, 5) is 27.8. The molecule has 6 N–H and O–H groups in total. The van der Waals surface area contributed by atoms with Crippen LogP contribution in [0.2, 0.25) is 0 Å². The van der Waals surface area contributed by atoms with Crippen LogP contribution < -0.4 is 16.8 Å². The molecule has 6 nitrogen and oxygen atoms in total. The zero-order chi connectivity index (χ0) is 18.1. The van der Waals surface area contributed by atoms with Gasteiger partial charge in [0, 0.05) is 16.4 Å². The van der Waals surface area contributed by atoms with Gasteiger partial charge in [-0.3, -0.25) is 9.59 Å². The monoisotopic (exact) mass is 352 g/mol. The van der Waals surface area contributed by atoms with Crippen LogP contribution in [0.25, 0.3) is 10.9 Å². The van der Waals surface area contributed by atoms with Crippen LogP contribution in [0.4, 0.5) is 5.69 Å². The summed E-state index contributed by atoms with van der Waals surface area (Å²) < 4.78 is 0. The van der Waals surface area contributed by atoms with Crippen LogP contribution in [-0.4, -0.2) is 22.3 Å². The summed E-state index contributed by atoms with van der Waals surface area (Å²) in [7, 11) is 0. The summed E-state index contributed by atoms with van der Waals surface area (Å²) >= 11 is 0. The molecule has 4 fully saturated rings. The molecule has 4 bridgehead atoms. The minimum absolute atomic E-state index is 0.0794. The van der Waals surface area contributed by atoms with Gasteiger partial charge in [0.15, 0.2) is 0 Å². The molecule has 26 heavy (non-hydrogen) atoms. The first-order chi connectivity index (χ1) is 12.4. The molecular formula is C20H24N4O2. The zero-order valence-electron chi connectivity index (χ0n) is 14.7. The van der Waals surface area contributed by atoms with Gasteiger partial charge < -0.3 is 21.8 Å². The number of hydrogen-bond donors (Lipinski definition) is 4. The summed E-state index contributed by atoms with van der Waals surface area (Å²) in [5.74, 6) is 0.730. The van der Waals surface area contributed by atoms with Gasteiger partial charge in [-0.05, 0) is 68.6 Å². The average molecular weight is 352 g/mol. The summed E-state index contributed by atoms with van der Waals surface area (Å²) in [6, 6.07) is 7.31. The van der Waals surface area contributed by atoms with E-state index in [1.807, 2.05) is 18.2 Å². The molecule has 2 amide bonds. The molecule has 136 valence electrons. The molecule has 2 unspecified atom stereocenters. The lowest BCUT2D eigenvalue weighted by atomic mass is 9.47. The van der Waals surface area contributed by atoms with E-state index in [0.717, 1.165) is 48.7 Å². The SMILES string of the molecule is NC(=O)c1cc2c(NC(=O)C34C[C@@H]5C[C@@H](CC(N)(C5)C3)C4)cccc2[nH]1. The number of nitrogens with one attached hydrogen (secondary N) is 2. The van der Waals surface area contributed by atoms with Gasteiger partial charge in [0.2, 0.25) is 5.91 Å². The van der Waals surface area contributed by atoms with Crippen molar-refractivity contribution in [1.29, 1.82) is 0 Å². The summed E-state index contributed by atoms with van der Waals surface area (Å²) in [6.45, 7) is 0. The van der Waals surface area contributed by atoms with Crippen LogP contribution in [0.1, 0.15) is 49.0 Å². The highest BCUT2D eigenvalue weighted by Crippen LogP contribution is 2.61. The Morgan fingerprint density at radius 3 is 2.54 bits per heavy atom. The highest BCUT2D eigenvalue weighted by molar-refractivity contribution is 6.06. The fraction of sp³-hybridized carbons (Fsp3) is 0.500. The molecule has 0 spiro atoms. The molecular weight excluding hydrogens is 328 g/mol. The topological polar surface area (TPSA) is 114 Å². The lowest BCUT2D eigenvalue weighted by molar-refractivity contribution is -0.142. The van der Waals surface area contributed by atoms with E-state index in [2.05, 4.69) is 10.3 Å². The fourth-order valence-corrected chi connectivity index (χ4v) is 6.25. The van der Waals surface area contributed by atoms with E-state index in [9.17, 15) is 9.59 Å². The van der Waals surface area contributed by atoms with Crippen LogP contribution in [0.15, 0.2) is 24.3 Å². The molecule has 4 saturated carbocycles. The largest absolute Gasteiger partial charge is 0.364 e. The third-order valence-corrected chi connectivity index (χ3v) is 6.77. The first-order valence-corrected chi connectivity index (χ1v) is 9.38. The van der Waals surface area contributed by atoms with Crippen LogP contribution in [-0.2, 0) is 4.79 Å². The van der Waals surface area contributed by atoms with Gasteiger partial charge in [0.25, 0.3) is 5.91 Å². The van der Waals surface area contributed by atoms with E-state index in [1.54, 1.807) is 6.07 Å². The minimum atomic E-state index is -0.510. The highest BCUT2D eigenvalue weighted by atomic mass is 16.2. The first kappa shape index (κ1) is 15.9. The fourth-order valence-electron chi connectivity index (χ4n) is 6.25. The third-order valence-electron chi connectivity index (χ3n) is 6.77. The predicted octanol–water partition coefficient (Wildman–Crippen LogP) is 2.50. The second-order valence-corrected chi connectivity index (χ2v) is 8.87. The van der Waals surface area contributed by atoms with Crippen molar-refractivity contribution in [3.05, 3.63) is 30.0 Å². The van der Waals surface area contributed by atoms with E-state index in [4.69, 9.17) is 11.5 Å². The van der Waals surface area contributed by atoms with Crippen LogP contribution in [0, 0.1) is 17.3 Å². The maximum absolute atomic E-state index is 13.3. The summed E-state index contributed by atoms with van der Waals surface area (Å²) in [5, 5.41) is 3.95. The number of nitrogens with two attached hydrogens (primary N) is 2. The third kappa shape index (κ3) is 2.28. The molecule has 1 aromatic heterocycles. The van der Waals surface area contributed by atoms with Crippen molar-refractivity contribution in [1.82, 2.24) is 4.98 Å². The van der Waals surface area contributed by atoms with E-state index < -0.39 is 5.91 Å². The number of amides is 2. The van der Waals surface area contributed by atoms with Crippen molar-refractivity contribution in [2.45, 2.75) is 44.1 Å². The van der Waals surface area contributed by atoms with Gasteiger partial charge in [-0.15, -0.1) is 0 Å². The number of hydrogen-bond acceptors (Lipinski definition) is 3. The molecule has 4 atom stereocenters. The standard InChI is InChI=1S/C20H24N4O2/c21-17(25)16-5-13-14(23-16)2-1-3-15(13)24-18(26)19-6-11-4-12(7-19)9-20(22,8-11)10-19/h1-3,5,11-12,23H,4,6-10,22H2,(H2,21,25)(H,24,26)/t11-,12+,19?,20?. The molecule has 0 saturated heterocycles. The van der Waals surface area contributed by atoms with Gasteiger partial charge in [-0.25, -0.2) is 0 Å². The number of fused-ring (bicyclic) bond motifs is 1. The minimum Gasteiger partial charge on any atom is -0.364 e. The smallest absolute Gasteiger partial charge is 0.265 e. The van der Waals surface area contributed by atoms with Gasteiger partial charge >= 0.3 is 0 Å². The maximum atomic E-state index is 13.3. The molecule has 4 aliphatic rings. The Kier molecular flexibility index (Phi) is 3.11. The quantitative estimate of drug-likeness (QED) is 0.680. The van der Waals surface area contributed by atoms with Crippen molar-refractivity contribution in [2.24, 2.45) is 28.7 Å². The van der Waals surface area contributed by atoms with Crippen molar-refractivity contribution in [2.75, 3.05) is 5.32 Å². The van der Waals surface area contributed by atoms with Crippen molar-refractivity contribution >= 4 is 28.4 Å². The van der Waals surface area contributed by atoms with Crippen molar-refractivity contribution in [3.8, 4) is 0 Å². The number of carbonyl (C=O) groups excluding carboxylic acids is 2. The van der Waals surface area contributed by atoms with E-state index in [0.29, 0.717) is 17.5 Å². The van der Waals surface area contributed by atoms with Gasteiger partial charge in [0.1, 0.15) is 5.69 Å². The Hall–Kier alpha value is -2.34. The van der Waals surface area contributed by atoms with E-state index in [-0.39, 0.29) is 16.9 Å². The molecule has 2 aromatic rings. The highest BCUT2D eigenvalue weighted by Gasteiger charge is 2.59. The predicted molar refractivity (Wildman–Crippen MR) is 99.5 cm³/mol. The summed E-state index contributed by atoms with van der Waals surface area (Å²) in [5.41, 5.74) is 13.3. The normalized spacial score (nSPS) is 35.0. The van der Waals surface area contributed by atoms with Crippen LogP contribution in [0.5, 0.6) is 0 Å². The lowest BCUT2D eigenvalue weighted by Gasteiger charge is -2.60. The molecule has 0 aliphatic heterocycles. The van der Waals surface area contributed by atoms with E-state index >= 15 is 0 Å². The van der Waals surface area contributed by atoms with Gasteiger partial charge in [-0.2, -0.15) is 0 Å². The number of aromatic nitrogens is 1. The Balaban J connectivity index is 1.48. The molecule has 0 radical (unpaired) electrons. The second kappa shape index (κ2) is 5.10. The van der Waals surface area contributed by atoms with Gasteiger partial charge in [-0.1, -0.05) is 6.07 Å². The Bertz CT molecular complexity index is 917. The zero-order valence-corrected chi connectivity index (χ0v) is 14.7. The number of carbonyl (C=O) groups is 2. The lowest BCUT2D eigenvalue weighted by Crippen LogP contribution is -2.62. The molecule has 1 aromatic carbocycles. The van der Waals surface area contributed by atoms with Crippen molar-refractivity contribution in [3.63, 3.8) is 0 Å². The molecule has 1 heterocycles.